The first-order valence-electron chi connectivity index (χ1n) is 5.84. The van der Waals surface area contributed by atoms with Gasteiger partial charge in [-0.25, -0.2) is 0 Å². The van der Waals surface area contributed by atoms with Gasteiger partial charge in [-0.3, -0.25) is 4.79 Å². The number of hydrogen-bond donors (Lipinski definition) is 1. The molecule has 0 fully saturated rings. The molecule has 1 heterocycles. The van der Waals surface area contributed by atoms with Crippen molar-refractivity contribution in [2.75, 3.05) is 24.7 Å². The van der Waals surface area contributed by atoms with Gasteiger partial charge in [0.15, 0.2) is 0 Å². The topological polar surface area (TPSA) is 38.3 Å². The van der Waals surface area contributed by atoms with E-state index in [0.717, 1.165) is 24.3 Å². The van der Waals surface area contributed by atoms with E-state index < -0.39 is 0 Å². The van der Waals surface area contributed by atoms with E-state index in [-0.39, 0.29) is 11.9 Å². The number of benzene rings is 1. The fraction of sp³-hybridized carbons (Fsp3) is 0.462. The lowest BCUT2D eigenvalue weighted by atomic mass is 9.96. The second-order valence-electron chi connectivity index (χ2n) is 4.01. The Bertz CT molecular complexity index is 420. The van der Waals surface area contributed by atoms with Crippen LogP contribution in [0.4, 0.5) is 5.69 Å². The van der Waals surface area contributed by atoms with E-state index in [4.69, 9.17) is 4.74 Å². The van der Waals surface area contributed by atoms with Crippen LogP contribution in [0, 0.1) is 0 Å². The molecule has 1 aromatic rings. The molecule has 0 saturated heterocycles. The number of carbonyl (C=O) groups is 1. The van der Waals surface area contributed by atoms with E-state index in [1.807, 2.05) is 24.8 Å². The van der Waals surface area contributed by atoms with Crippen LogP contribution in [0.2, 0.25) is 0 Å². The number of thioether (sulfide) groups is 1. The van der Waals surface area contributed by atoms with Crippen molar-refractivity contribution < 1.29 is 9.53 Å². The number of carbonyl (C=O) groups excluding carboxylic acids is 1. The molecular weight excluding hydrogens is 234 g/mol. The zero-order chi connectivity index (χ0) is 12.3. The van der Waals surface area contributed by atoms with Gasteiger partial charge in [0.25, 0.3) is 0 Å². The predicted molar refractivity (Wildman–Crippen MR) is 70.7 cm³/mol. The average Bonchev–Trinajstić information content (AvgIpc) is 2.39. The van der Waals surface area contributed by atoms with E-state index >= 15 is 0 Å². The lowest BCUT2D eigenvalue weighted by molar-refractivity contribution is -0.142. The van der Waals surface area contributed by atoms with Crippen molar-refractivity contribution in [3.8, 4) is 0 Å². The number of methoxy groups -OCH3 is 1. The molecular formula is C13H17NO2S. The van der Waals surface area contributed by atoms with Gasteiger partial charge in [-0.2, -0.15) is 0 Å². The highest BCUT2D eigenvalue weighted by atomic mass is 32.2. The highest BCUT2D eigenvalue weighted by Gasteiger charge is 2.21. The first-order chi connectivity index (χ1) is 8.26. The molecule has 0 spiro atoms. The van der Waals surface area contributed by atoms with Gasteiger partial charge >= 0.3 is 5.97 Å². The Hall–Kier alpha value is -1.16. The molecule has 17 heavy (non-hydrogen) atoms. The van der Waals surface area contributed by atoms with Gasteiger partial charge in [-0.1, -0.05) is 13.0 Å². The quantitative estimate of drug-likeness (QED) is 0.838. The van der Waals surface area contributed by atoms with Crippen molar-refractivity contribution in [3.05, 3.63) is 23.8 Å². The third-order valence-corrected chi connectivity index (χ3v) is 4.03. The third kappa shape index (κ3) is 2.57. The van der Waals surface area contributed by atoms with Crippen LogP contribution in [0.25, 0.3) is 0 Å². The van der Waals surface area contributed by atoms with Crippen LogP contribution in [-0.2, 0) is 9.53 Å². The third-order valence-electron chi connectivity index (χ3n) is 2.98. The lowest BCUT2D eigenvalue weighted by Gasteiger charge is -2.20. The van der Waals surface area contributed by atoms with E-state index in [1.54, 1.807) is 0 Å². The summed E-state index contributed by atoms with van der Waals surface area (Å²) < 4.78 is 4.84. The molecule has 0 aromatic heterocycles. The Morgan fingerprint density at radius 1 is 1.59 bits per heavy atom. The van der Waals surface area contributed by atoms with E-state index in [2.05, 4.69) is 17.4 Å². The lowest BCUT2D eigenvalue weighted by Crippen LogP contribution is -2.15. The summed E-state index contributed by atoms with van der Waals surface area (Å²) >= 11 is 1.84. The molecule has 1 aromatic carbocycles. The number of hydrogen-bond acceptors (Lipinski definition) is 4. The number of fused-ring (bicyclic) bond motifs is 1. The van der Waals surface area contributed by atoms with Crippen molar-refractivity contribution in [1.82, 2.24) is 0 Å². The van der Waals surface area contributed by atoms with E-state index in [1.165, 1.54) is 17.7 Å². The summed E-state index contributed by atoms with van der Waals surface area (Å²) in [6, 6.07) is 6.18. The Kier molecular flexibility index (Phi) is 3.94. The zero-order valence-corrected chi connectivity index (χ0v) is 11.0. The summed E-state index contributed by atoms with van der Waals surface area (Å²) in [5, 5.41) is 3.35. The first kappa shape index (κ1) is 12.3. The summed E-state index contributed by atoms with van der Waals surface area (Å²) in [5.74, 6) is 0.778. The fourth-order valence-corrected chi connectivity index (χ4v) is 2.99. The van der Waals surface area contributed by atoms with E-state index in [9.17, 15) is 4.79 Å². The molecule has 0 saturated carbocycles. The normalized spacial score (nSPS) is 15.6. The van der Waals surface area contributed by atoms with Crippen LogP contribution in [0.3, 0.4) is 0 Å². The number of ether oxygens (including phenoxy) is 1. The summed E-state index contributed by atoms with van der Waals surface area (Å²) in [5.41, 5.74) is 2.22. The Labute approximate surface area is 106 Å². The summed E-state index contributed by atoms with van der Waals surface area (Å²) in [7, 11) is 1.44. The molecule has 3 nitrogen and oxygen atoms in total. The molecule has 0 bridgehead atoms. The van der Waals surface area contributed by atoms with Crippen LogP contribution < -0.4 is 5.32 Å². The van der Waals surface area contributed by atoms with Crippen molar-refractivity contribution in [2.24, 2.45) is 0 Å². The number of rotatable bonds is 3. The van der Waals surface area contributed by atoms with Crippen LogP contribution in [0.1, 0.15) is 24.8 Å². The monoisotopic (exact) mass is 251 g/mol. The van der Waals surface area contributed by atoms with Crippen molar-refractivity contribution in [1.29, 1.82) is 0 Å². The Balaban J connectivity index is 2.29. The molecule has 0 radical (unpaired) electrons. The maximum absolute atomic E-state index is 11.7. The van der Waals surface area contributed by atoms with Gasteiger partial charge in [0.05, 0.1) is 13.0 Å². The first-order valence-corrected chi connectivity index (χ1v) is 6.83. The molecule has 1 aliphatic heterocycles. The second kappa shape index (κ2) is 5.45. The van der Waals surface area contributed by atoms with Crippen molar-refractivity contribution >= 4 is 23.4 Å². The fourth-order valence-electron chi connectivity index (χ4n) is 2.05. The Morgan fingerprint density at radius 2 is 2.41 bits per heavy atom. The number of esters is 1. The zero-order valence-electron chi connectivity index (χ0n) is 10.2. The minimum absolute atomic E-state index is 0.146. The Morgan fingerprint density at radius 3 is 3.12 bits per heavy atom. The minimum Gasteiger partial charge on any atom is -0.469 e. The van der Waals surface area contributed by atoms with E-state index in [0.29, 0.717) is 0 Å². The van der Waals surface area contributed by atoms with Crippen molar-refractivity contribution in [2.45, 2.75) is 24.2 Å². The molecule has 1 atom stereocenters. The summed E-state index contributed by atoms with van der Waals surface area (Å²) in [6.45, 7) is 3.01. The SMILES string of the molecule is CCC(C(=O)OC)c1ccc2c(c1)SCCN2. The maximum atomic E-state index is 11.7. The van der Waals surface area contributed by atoms with Crippen LogP contribution >= 0.6 is 11.8 Å². The van der Waals surface area contributed by atoms with Gasteiger partial charge in [0, 0.05) is 22.9 Å². The average molecular weight is 251 g/mol. The van der Waals surface area contributed by atoms with Crippen molar-refractivity contribution in [3.63, 3.8) is 0 Å². The van der Waals surface area contributed by atoms with Crippen LogP contribution in [0.5, 0.6) is 0 Å². The molecule has 1 N–H and O–H groups in total. The summed E-state index contributed by atoms with van der Waals surface area (Å²) in [4.78, 5) is 12.9. The molecule has 1 aliphatic rings. The summed E-state index contributed by atoms with van der Waals surface area (Å²) in [6.07, 6.45) is 0.767. The molecule has 0 aliphatic carbocycles. The van der Waals surface area contributed by atoms with Gasteiger partial charge in [0.1, 0.15) is 0 Å². The molecule has 0 amide bonds. The van der Waals surface area contributed by atoms with Crippen LogP contribution in [0.15, 0.2) is 23.1 Å². The molecule has 1 unspecified atom stereocenters. The molecule has 4 heteroatoms. The minimum atomic E-state index is -0.152. The van der Waals surface area contributed by atoms with Crippen LogP contribution in [-0.4, -0.2) is 25.4 Å². The van der Waals surface area contributed by atoms with Gasteiger partial charge in [0.2, 0.25) is 0 Å². The van der Waals surface area contributed by atoms with Gasteiger partial charge in [-0.05, 0) is 24.1 Å². The smallest absolute Gasteiger partial charge is 0.313 e. The highest BCUT2D eigenvalue weighted by molar-refractivity contribution is 7.99. The number of nitrogens with one attached hydrogen (secondary N) is 1. The molecule has 92 valence electrons. The largest absolute Gasteiger partial charge is 0.469 e. The van der Waals surface area contributed by atoms with Gasteiger partial charge in [-0.15, -0.1) is 11.8 Å². The highest BCUT2D eigenvalue weighted by Crippen LogP contribution is 2.34. The number of anilines is 1. The van der Waals surface area contributed by atoms with Gasteiger partial charge < -0.3 is 10.1 Å². The maximum Gasteiger partial charge on any atom is 0.313 e. The predicted octanol–water partition coefficient (Wildman–Crippen LogP) is 2.87. The molecule has 2 rings (SSSR count). The standard InChI is InChI=1S/C13H17NO2S/c1-3-10(13(15)16-2)9-4-5-11-12(8-9)17-7-6-14-11/h4-5,8,10,14H,3,6-7H2,1-2H3. The second-order valence-corrected chi connectivity index (χ2v) is 5.15.